The van der Waals surface area contributed by atoms with Crippen LogP contribution in [0.5, 0.6) is 0 Å². The molecule has 0 saturated carbocycles. The van der Waals surface area contributed by atoms with E-state index in [1.807, 2.05) is 19.9 Å². The third kappa shape index (κ3) is 3.48. The molecule has 0 bridgehead atoms. The quantitative estimate of drug-likeness (QED) is 0.773. The summed E-state index contributed by atoms with van der Waals surface area (Å²) in [7, 11) is 0. The van der Waals surface area contributed by atoms with Crippen LogP contribution in [0.15, 0.2) is 18.2 Å². The summed E-state index contributed by atoms with van der Waals surface area (Å²) in [5, 5.41) is 3.01. The Hall–Kier alpha value is -1.51. The fraction of sp³-hybridized carbons (Fsp3) is 0.500. The van der Waals surface area contributed by atoms with E-state index in [4.69, 9.17) is 5.73 Å². The Morgan fingerprint density at radius 1 is 1.35 bits per heavy atom. The van der Waals surface area contributed by atoms with E-state index in [9.17, 15) is 4.79 Å². The first-order chi connectivity index (χ1) is 7.71. The minimum absolute atomic E-state index is 0.0455. The van der Waals surface area contributed by atoms with E-state index in [0.717, 1.165) is 5.56 Å². The lowest BCUT2D eigenvalue weighted by atomic mass is 9.88. The average molecular weight is 234 g/mol. The first-order valence-electron chi connectivity index (χ1n) is 5.89. The highest BCUT2D eigenvalue weighted by molar-refractivity contribution is 5.96. The molecule has 3 heteroatoms. The summed E-state index contributed by atoms with van der Waals surface area (Å²) in [6.07, 6.45) is 0. The second-order valence-corrected chi connectivity index (χ2v) is 5.64. The zero-order valence-corrected chi connectivity index (χ0v) is 11.3. The molecule has 1 rings (SSSR count). The van der Waals surface area contributed by atoms with E-state index in [0.29, 0.717) is 11.3 Å². The molecule has 0 spiro atoms. The molecule has 0 radical (unpaired) electrons. The highest BCUT2D eigenvalue weighted by atomic mass is 16.1. The predicted octanol–water partition coefficient (Wildman–Crippen LogP) is 2.74. The summed E-state index contributed by atoms with van der Waals surface area (Å²) < 4.78 is 0. The number of hydrogen-bond acceptors (Lipinski definition) is 2. The first-order valence-corrected chi connectivity index (χ1v) is 5.89. The molecular weight excluding hydrogens is 212 g/mol. The third-order valence-corrected chi connectivity index (χ3v) is 3.15. The third-order valence-electron chi connectivity index (χ3n) is 3.15. The van der Waals surface area contributed by atoms with Crippen LogP contribution in [-0.4, -0.2) is 11.9 Å². The number of nitrogens with two attached hydrogens (primary N) is 1. The number of benzene rings is 1. The summed E-state index contributed by atoms with van der Waals surface area (Å²) in [4.78, 5) is 12.1. The normalized spacial score (nSPS) is 13.2. The summed E-state index contributed by atoms with van der Waals surface area (Å²) in [6, 6.07) is 5.50. The maximum Gasteiger partial charge on any atom is 0.251 e. The molecule has 0 aliphatic carbocycles. The van der Waals surface area contributed by atoms with Crippen molar-refractivity contribution >= 4 is 11.6 Å². The molecule has 1 amide bonds. The van der Waals surface area contributed by atoms with Crippen LogP contribution < -0.4 is 11.1 Å². The highest BCUT2D eigenvalue weighted by Gasteiger charge is 2.22. The van der Waals surface area contributed by atoms with E-state index in [1.54, 1.807) is 12.1 Å². The summed E-state index contributed by atoms with van der Waals surface area (Å²) in [6.45, 7) is 10.2. The molecule has 94 valence electrons. The lowest BCUT2D eigenvalue weighted by molar-refractivity contribution is 0.0909. The van der Waals surface area contributed by atoms with Crippen LogP contribution >= 0.6 is 0 Å². The van der Waals surface area contributed by atoms with Crippen molar-refractivity contribution in [2.75, 3.05) is 5.73 Å². The van der Waals surface area contributed by atoms with E-state index in [-0.39, 0.29) is 17.4 Å². The molecule has 0 aliphatic rings. The number of nitrogens with one attached hydrogen (secondary N) is 1. The fourth-order valence-corrected chi connectivity index (χ4v) is 1.38. The number of aryl methyl sites for hydroxylation is 1. The summed E-state index contributed by atoms with van der Waals surface area (Å²) >= 11 is 0. The molecule has 3 N–H and O–H groups in total. The maximum absolute atomic E-state index is 12.1. The molecule has 0 aliphatic heterocycles. The summed E-state index contributed by atoms with van der Waals surface area (Å²) in [5.74, 6) is -0.0581. The Morgan fingerprint density at radius 2 is 1.94 bits per heavy atom. The van der Waals surface area contributed by atoms with Crippen LogP contribution in [-0.2, 0) is 0 Å². The maximum atomic E-state index is 12.1. The highest BCUT2D eigenvalue weighted by Crippen LogP contribution is 2.20. The van der Waals surface area contributed by atoms with Crippen LogP contribution in [0.1, 0.15) is 43.6 Å². The van der Waals surface area contributed by atoms with E-state index in [2.05, 4.69) is 26.1 Å². The first kappa shape index (κ1) is 13.6. The van der Waals surface area contributed by atoms with Gasteiger partial charge in [-0.15, -0.1) is 0 Å². The Labute approximate surface area is 103 Å². The van der Waals surface area contributed by atoms with Gasteiger partial charge < -0.3 is 11.1 Å². The molecule has 1 unspecified atom stereocenters. The smallest absolute Gasteiger partial charge is 0.251 e. The van der Waals surface area contributed by atoms with Gasteiger partial charge in [0.05, 0.1) is 0 Å². The largest absolute Gasteiger partial charge is 0.399 e. The molecule has 1 aromatic rings. The Balaban J connectivity index is 2.87. The van der Waals surface area contributed by atoms with Gasteiger partial charge in [-0.2, -0.15) is 0 Å². The van der Waals surface area contributed by atoms with Crippen molar-refractivity contribution < 1.29 is 4.79 Å². The number of anilines is 1. The molecule has 3 nitrogen and oxygen atoms in total. The van der Waals surface area contributed by atoms with Crippen molar-refractivity contribution in [2.45, 2.75) is 40.7 Å². The van der Waals surface area contributed by atoms with Crippen molar-refractivity contribution in [3.05, 3.63) is 29.3 Å². The second kappa shape index (κ2) is 4.78. The minimum Gasteiger partial charge on any atom is -0.399 e. The predicted molar refractivity (Wildman–Crippen MR) is 72.0 cm³/mol. The molecule has 1 aromatic carbocycles. The van der Waals surface area contributed by atoms with Crippen LogP contribution in [0.3, 0.4) is 0 Å². The molecular formula is C14H22N2O. The fourth-order valence-electron chi connectivity index (χ4n) is 1.38. The van der Waals surface area contributed by atoms with Crippen LogP contribution in [0.4, 0.5) is 5.69 Å². The standard InChI is InChI=1S/C14H22N2O/c1-9-6-7-11(15)8-12(9)13(17)16-10(2)14(3,4)5/h6-8,10H,15H2,1-5H3,(H,16,17). The van der Waals surface area contributed by atoms with Crippen LogP contribution in [0.2, 0.25) is 0 Å². The molecule has 0 heterocycles. The number of rotatable bonds is 2. The topological polar surface area (TPSA) is 55.1 Å². The lowest BCUT2D eigenvalue weighted by Gasteiger charge is -2.28. The molecule has 0 fully saturated rings. The zero-order valence-electron chi connectivity index (χ0n) is 11.3. The van der Waals surface area contributed by atoms with E-state index in [1.165, 1.54) is 0 Å². The Morgan fingerprint density at radius 3 is 2.47 bits per heavy atom. The number of amides is 1. The number of carbonyl (C=O) groups is 1. The molecule has 17 heavy (non-hydrogen) atoms. The van der Waals surface area contributed by atoms with Gasteiger partial charge in [0, 0.05) is 17.3 Å². The summed E-state index contributed by atoms with van der Waals surface area (Å²) in [5.41, 5.74) is 7.96. The molecule has 1 atom stereocenters. The Kier molecular flexibility index (Phi) is 3.81. The second-order valence-electron chi connectivity index (χ2n) is 5.64. The van der Waals surface area contributed by atoms with Gasteiger partial charge >= 0.3 is 0 Å². The van der Waals surface area contributed by atoms with Gasteiger partial charge in [-0.25, -0.2) is 0 Å². The van der Waals surface area contributed by atoms with Gasteiger partial charge in [0.1, 0.15) is 0 Å². The average Bonchev–Trinajstić information content (AvgIpc) is 2.20. The minimum atomic E-state index is -0.0581. The van der Waals surface area contributed by atoms with Crippen molar-refractivity contribution in [1.29, 1.82) is 0 Å². The lowest BCUT2D eigenvalue weighted by Crippen LogP contribution is -2.41. The van der Waals surface area contributed by atoms with E-state index < -0.39 is 0 Å². The molecule has 0 saturated heterocycles. The van der Waals surface area contributed by atoms with Gasteiger partial charge in [0.2, 0.25) is 0 Å². The van der Waals surface area contributed by atoms with Crippen molar-refractivity contribution in [1.82, 2.24) is 5.32 Å². The van der Waals surface area contributed by atoms with Crippen molar-refractivity contribution in [3.63, 3.8) is 0 Å². The van der Waals surface area contributed by atoms with Crippen molar-refractivity contribution in [3.8, 4) is 0 Å². The van der Waals surface area contributed by atoms with Crippen LogP contribution in [0, 0.1) is 12.3 Å². The Bertz CT molecular complexity index is 419. The van der Waals surface area contributed by atoms with Crippen LogP contribution in [0.25, 0.3) is 0 Å². The number of nitrogen functional groups attached to an aromatic ring is 1. The van der Waals surface area contributed by atoms with Crippen molar-refractivity contribution in [2.24, 2.45) is 5.41 Å². The van der Waals surface area contributed by atoms with Gasteiger partial charge in [0.15, 0.2) is 0 Å². The SMILES string of the molecule is Cc1ccc(N)cc1C(=O)NC(C)C(C)(C)C. The van der Waals surface area contributed by atoms with Gasteiger partial charge in [-0.3, -0.25) is 4.79 Å². The zero-order chi connectivity index (χ0) is 13.2. The van der Waals surface area contributed by atoms with Gasteiger partial charge in [-0.1, -0.05) is 26.8 Å². The van der Waals surface area contributed by atoms with Gasteiger partial charge in [-0.05, 0) is 37.0 Å². The molecule has 0 aromatic heterocycles. The number of hydrogen-bond donors (Lipinski definition) is 2. The van der Waals surface area contributed by atoms with E-state index >= 15 is 0 Å². The number of carbonyl (C=O) groups excluding carboxylic acids is 1. The van der Waals surface area contributed by atoms with Gasteiger partial charge in [0.25, 0.3) is 5.91 Å². The monoisotopic (exact) mass is 234 g/mol.